The first-order valence-electron chi connectivity index (χ1n) is 7.09. The normalized spacial score (nSPS) is 13.0. The quantitative estimate of drug-likeness (QED) is 0.805. The molecular weight excluding hydrogens is 313 g/mol. The molecular formula is C15H19F3N2O3. The number of nitrogens with one attached hydrogen (secondary N) is 1. The van der Waals surface area contributed by atoms with Crippen molar-refractivity contribution < 1.29 is 27.9 Å². The Kier molecular flexibility index (Phi) is 6.56. The Morgan fingerprint density at radius 2 is 1.83 bits per heavy atom. The Hall–Kier alpha value is -2.09. The van der Waals surface area contributed by atoms with Gasteiger partial charge >= 0.3 is 12.1 Å². The first-order chi connectivity index (χ1) is 10.6. The van der Waals surface area contributed by atoms with Gasteiger partial charge < -0.3 is 10.4 Å². The first kappa shape index (κ1) is 19.0. The molecule has 8 heteroatoms. The van der Waals surface area contributed by atoms with Crippen molar-refractivity contribution in [1.29, 1.82) is 0 Å². The molecule has 1 amide bonds. The number of anilines is 1. The largest absolute Gasteiger partial charge is 0.480 e. The van der Waals surface area contributed by atoms with Crippen molar-refractivity contribution in [2.75, 3.05) is 18.4 Å². The van der Waals surface area contributed by atoms with E-state index < -0.39 is 29.7 Å². The number of hydrogen-bond acceptors (Lipinski definition) is 3. The molecule has 0 saturated carbocycles. The molecule has 2 N–H and O–H groups in total. The lowest BCUT2D eigenvalue weighted by Gasteiger charge is -2.26. The number of amides is 1. The summed E-state index contributed by atoms with van der Waals surface area (Å²) in [5.41, 5.74) is -0.580. The fourth-order valence-electron chi connectivity index (χ4n) is 2.03. The van der Waals surface area contributed by atoms with Crippen LogP contribution in [0.3, 0.4) is 0 Å². The van der Waals surface area contributed by atoms with Gasteiger partial charge in [0.05, 0.1) is 18.2 Å². The molecule has 0 heterocycles. The average Bonchev–Trinajstić information content (AvgIpc) is 2.45. The minimum Gasteiger partial charge on any atom is -0.480 e. The van der Waals surface area contributed by atoms with Gasteiger partial charge in [0.15, 0.2) is 0 Å². The maximum absolute atomic E-state index is 12.5. The van der Waals surface area contributed by atoms with Crippen molar-refractivity contribution in [3.63, 3.8) is 0 Å². The summed E-state index contributed by atoms with van der Waals surface area (Å²) in [4.78, 5) is 24.4. The highest BCUT2D eigenvalue weighted by molar-refractivity contribution is 5.94. The van der Waals surface area contributed by atoms with Gasteiger partial charge in [0.2, 0.25) is 5.91 Å². The Morgan fingerprint density at radius 1 is 1.26 bits per heavy atom. The lowest BCUT2D eigenvalue weighted by molar-refractivity contribution is -0.139. The Bertz CT molecular complexity index is 544. The van der Waals surface area contributed by atoms with Crippen LogP contribution in [-0.4, -0.2) is 41.0 Å². The summed E-state index contributed by atoms with van der Waals surface area (Å²) in [5.74, 6) is -1.52. The van der Waals surface area contributed by atoms with Crippen LogP contribution in [0.5, 0.6) is 0 Å². The fraction of sp³-hybridized carbons (Fsp3) is 0.467. The van der Waals surface area contributed by atoms with Crippen molar-refractivity contribution in [2.24, 2.45) is 0 Å². The number of hydrogen-bond donors (Lipinski definition) is 2. The second-order valence-corrected chi connectivity index (χ2v) is 5.10. The average molecular weight is 332 g/mol. The summed E-state index contributed by atoms with van der Waals surface area (Å²) in [6.45, 7) is 3.55. The Balaban J connectivity index is 2.75. The van der Waals surface area contributed by atoms with Crippen LogP contribution in [0.1, 0.15) is 25.8 Å². The van der Waals surface area contributed by atoms with Crippen molar-refractivity contribution in [3.05, 3.63) is 29.8 Å². The third-order valence-corrected chi connectivity index (χ3v) is 3.26. The molecule has 0 aliphatic heterocycles. The summed E-state index contributed by atoms with van der Waals surface area (Å²) >= 11 is 0. The zero-order valence-electron chi connectivity index (χ0n) is 12.9. The van der Waals surface area contributed by atoms with Gasteiger partial charge in [0.25, 0.3) is 0 Å². The minimum absolute atomic E-state index is 0.224. The van der Waals surface area contributed by atoms with Crippen molar-refractivity contribution >= 4 is 17.6 Å². The highest BCUT2D eigenvalue weighted by Crippen LogP contribution is 2.29. The van der Waals surface area contributed by atoms with Gasteiger partial charge in [-0.2, -0.15) is 13.2 Å². The molecule has 1 aromatic carbocycles. The van der Waals surface area contributed by atoms with Crippen LogP contribution in [0.25, 0.3) is 0 Å². The second kappa shape index (κ2) is 7.96. The van der Waals surface area contributed by atoms with E-state index in [0.717, 1.165) is 24.3 Å². The molecule has 1 aromatic rings. The number of rotatable bonds is 7. The lowest BCUT2D eigenvalue weighted by Crippen LogP contribution is -2.44. The number of aliphatic carboxylic acids is 1. The lowest BCUT2D eigenvalue weighted by atomic mass is 10.2. The first-order valence-corrected chi connectivity index (χ1v) is 7.09. The number of benzene rings is 1. The Labute approximate surface area is 132 Å². The van der Waals surface area contributed by atoms with Crippen molar-refractivity contribution in [3.8, 4) is 0 Å². The van der Waals surface area contributed by atoms with E-state index in [1.54, 1.807) is 6.92 Å². The van der Waals surface area contributed by atoms with E-state index in [1.807, 2.05) is 6.92 Å². The van der Waals surface area contributed by atoms with Gasteiger partial charge in [-0.05, 0) is 44.2 Å². The molecule has 23 heavy (non-hydrogen) atoms. The maximum Gasteiger partial charge on any atom is 0.416 e. The van der Waals surface area contributed by atoms with Crippen LogP contribution in [0.4, 0.5) is 18.9 Å². The molecule has 1 atom stereocenters. The molecule has 0 aromatic heterocycles. The number of carboxylic acids is 1. The minimum atomic E-state index is -4.44. The highest BCUT2D eigenvalue weighted by Gasteiger charge is 2.30. The summed E-state index contributed by atoms with van der Waals surface area (Å²) in [5, 5.41) is 11.3. The van der Waals surface area contributed by atoms with E-state index in [-0.39, 0.29) is 12.2 Å². The third-order valence-electron chi connectivity index (χ3n) is 3.26. The number of halogens is 3. The summed E-state index contributed by atoms with van der Waals surface area (Å²) in [7, 11) is 0. The number of carboxylic acid groups (broad SMARTS) is 1. The number of alkyl halides is 3. The van der Waals surface area contributed by atoms with Gasteiger partial charge in [0.1, 0.15) is 0 Å². The molecule has 0 saturated heterocycles. The molecule has 5 nitrogen and oxygen atoms in total. The SMILES string of the molecule is CCCN(CC(=O)O)C(C)C(=O)Nc1ccc(C(F)(F)F)cc1. The van der Waals surface area contributed by atoms with Crippen molar-refractivity contribution in [2.45, 2.75) is 32.5 Å². The highest BCUT2D eigenvalue weighted by atomic mass is 19.4. The van der Waals surface area contributed by atoms with E-state index >= 15 is 0 Å². The molecule has 0 bridgehead atoms. The van der Waals surface area contributed by atoms with Gasteiger partial charge in [-0.25, -0.2) is 0 Å². The van der Waals surface area contributed by atoms with Crippen LogP contribution in [0.2, 0.25) is 0 Å². The zero-order chi connectivity index (χ0) is 17.6. The molecule has 128 valence electrons. The molecule has 0 radical (unpaired) electrons. The fourth-order valence-corrected chi connectivity index (χ4v) is 2.03. The molecule has 0 fully saturated rings. The van der Waals surface area contributed by atoms with Crippen molar-refractivity contribution in [1.82, 2.24) is 4.90 Å². The number of carbonyl (C=O) groups is 2. The number of nitrogens with zero attached hydrogens (tertiary/aromatic N) is 1. The smallest absolute Gasteiger partial charge is 0.416 e. The monoisotopic (exact) mass is 332 g/mol. The topological polar surface area (TPSA) is 69.6 Å². The predicted molar refractivity (Wildman–Crippen MR) is 79.0 cm³/mol. The van der Waals surface area contributed by atoms with E-state index in [1.165, 1.54) is 4.90 Å². The standard InChI is InChI=1S/C15H19F3N2O3/c1-3-8-20(9-13(21)22)10(2)14(23)19-12-6-4-11(5-7-12)15(16,17)18/h4-7,10H,3,8-9H2,1-2H3,(H,19,23)(H,21,22). The van der Waals surface area contributed by atoms with Gasteiger partial charge in [-0.15, -0.1) is 0 Å². The molecule has 1 rings (SSSR count). The third kappa shape index (κ3) is 5.90. The maximum atomic E-state index is 12.5. The molecule has 1 unspecified atom stereocenters. The predicted octanol–water partition coefficient (Wildman–Crippen LogP) is 2.83. The van der Waals surface area contributed by atoms with E-state index in [0.29, 0.717) is 13.0 Å². The zero-order valence-corrected chi connectivity index (χ0v) is 12.9. The van der Waals surface area contributed by atoms with Crippen LogP contribution in [0.15, 0.2) is 24.3 Å². The summed E-state index contributed by atoms with van der Waals surface area (Å²) < 4.78 is 37.4. The van der Waals surface area contributed by atoms with Gasteiger partial charge in [-0.1, -0.05) is 6.92 Å². The Morgan fingerprint density at radius 3 is 2.26 bits per heavy atom. The van der Waals surface area contributed by atoms with Crippen LogP contribution in [0, 0.1) is 0 Å². The van der Waals surface area contributed by atoms with Gasteiger partial charge in [0, 0.05) is 5.69 Å². The van der Waals surface area contributed by atoms with E-state index in [2.05, 4.69) is 5.32 Å². The summed E-state index contributed by atoms with van der Waals surface area (Å²) in [6.07, 6.45) is -3.76. The van der Waals surface area contributed by atoms with Gasteiger partial charge in [-0.3, -0.25) is 14.5 Å². The van der Waals surface area contributed by atoms with E-state index in [9.17, 15) is 22.8 Å². The second-order valence-electron chi connectivity index (χ2n) is 5.10. The van der Waals surface area contributed by atoms with E-state index in [4.69, 9.17) is 5.11 Å². The molecule has 0 spiro atoms. The van der Waals surface area contributed by atoms with Crippen LogP contribution < -0.4 is 5.32 Å². The number of carbonyl (C=O) groups excluding carboxylic acids is 1. The summed E-state index contributed by atoms with van der Waals surface area (Å²) in [6, 6.07) is 3.36. The molecule has 0 aliphatic rings. The van der Waals surface area contributed by atoms with Crippen LogP contribution in [-0.2, 0) is 15.8 Å². The molecule has 0 aliphatic carbocycles. The van der Waals surface area contributed by atoms with Crippen LogP contribution >= 0.6 is 0 Å².